The van der Waals surface area contributed by atoms with Crippen molar-refractivity contribution in [2.45, 2.75) is 13.5 Å². The van der Waals surface area contributed by atoms with Gasteiger partial charge in [0.05, 0.1) is 0 Å². The molecule has 2 aromatic carbocycles. The second kappa shape index (κ2) is 5.44. The third-order valence-corrected chi connectivity index (χ3v) is 3.23. The number of rotatable bonds is 3. The molecular formula is C14H13Cl2N. The third-order valence-electron chi connectivity index (χ3n) is 2.63. The summed E-state index contributed by atoms with van der Waals surface area (Å²) in [4.78, 5) is 0. The van der Waals surface area contributed by atoms with E-state index in [0.717, 1.165) is 21.3 Å². The lowest BCUT2D eigenvalue weighted by atomic mass is 10.2. The van der Waals surface area contributed by atoms with Gasteiger partial charge in [-0.1, -0.05) is 47.5 Å². The van der Waals surface area contributed by atoms with E-state index in [2.05, 4.69) is 5.32 Å². The van der Waals surface area contributed by atoms with Crippen molar-refractivity contribution in [2.75, 3.05) is 5.32 Å². The Labute approximate surface area is 111 Å². The van der Waals surface area contributed by atoms with Gasteiger partial charge in [-0.05, 0) is 36.2 Å². The molecule has 0 atom stereocenters. The molecule has 0 unspecified atom stereocenters. The third kappa shape index (κ3) is 3.15. The number of aryl methyl sites for hydroxylation is 1. The van der Waals surface area contributed by atoms with Gasteiger partial charge in [0, 0.05) is 22.3 Å². The SMILES string of the molecule is Cc1ccc(Cl)cc1NCc1ccccc1Cl. The molecular weight excluding hydrogens is 253 g/mol. The zero-order valence-electron chi connectivity index (χ0n) is 9.50. The molecule has 0 saturated heterocycles. The van der Waals surface area contributed by atoms with Crippen molar-refractivity contribution >= 4 is 28.9 Å². The first-order valence-corrected chi connectivity index (χ1v) is 6.16. The van der Waals surface area contributed by atoms with Crippen molar-refractivity contribution in [1.82, 2.24) is 0 Å². The lowest BCUT2D eigenvalue weighted by Crippen LogP contribution is -2.01. The second-order valence-corrected chi connectivity index (χ2v) is 4.75. The summed E-state index contributed by atoms with van der Waals surface area (Å²) in [6, 6.07) is 13.6. The predicted octanol–water partition coefficient (Wildman–Crippen LogP) is 4.91. The van der Waals surface area contributed by atoms with E-state index in [1.54, 1.807) is 0 Å². The molecule has 1 nitrogen and oxygen atoms in total. The van der Waals surface area contributed by atoms with E-state index < -0.39 is 0 Å². The molecule has 2 aromatic rings. The molecule has 0 radical (unpaired) electrons. The number of hydrogen-bond donors (Lipinski definition) is 1. The molecule has 0 aliphatic carbocycles. The zero-order chi connectivity index (χ0) is 12.3. The average Bonchev–Trinajstić information content (AvgIpc) is 2.32. The fraction of sp³-hybridized carbons (Fsp3) is 0.143. The van der Waals surface area contributed by atoms with Gasteiger partial charge in [0.2, 0.25) is 0 Å². The van der Waals surface area contributed by atoms with Gasteiger partial charge in [-0.25, -0.2) is 0 Å². The van der Waals surface area contributed by atoms with Gasteiger partial charge in [0.15, 0.2) is 0 Å². The molecule has 2 rings (SSSR count). The minimum Gasteiger partial charge on any atom is -0.381 e. The molecule has 0 spiro atoms. The Morgan fingerprint density at radius 1 is 1.06 bits per heavy atom. The summed E-state index contributed by atoms with van der Waals surface area (Å²) in [6.45, 7) is 2.74. The molecule has 88 valence electrons. The van der Waals surface area contributed by atoms with Crippen molar-refractivity contribution < 1.29 is 0 Å². The van der Waals surface area contributed by atoms with Crippen molar-refractivity contribution in [1.29, 1.82) is 0 Å². The number of halogens is 2. The molecule has 0 amide bonds. The van der Waals surface area contributed by atoms with E-state index in [4.69, 9.17) is 23.2 Å². The highest BCUT2D eigenvalue weighted by atomic mass is 35.5. The smallest absolute Gasteiger partial charge is 0.0455 e. The van der Waals surface area contributed by atoms with Crippen LogP contribution in [0.25, 0.3) is 0 Å². The van der Waals surface area contributed by atoms with Crippen LogP contribution in [0.3, 0.4) is 0 Å². The standard InChI is InChI=1S/C14H13Cl2N/c1-10-6-7-12(15)8-14(10)17-9-11-4-2-3-5-13(11)16/h2-8,17H,9H2,1H3. The summed E-state index contributed by atoms with van der Waals surface area (Å²) < 4.78 is 0. The lowest BCUT2D eigenvalue weighted by Gasteiger charge is -2.10. The maximum Gasteiger partial charge on any atom is 0.0455 e. The van der Waals surface area contributed by atoms with Gasteiger partial charge in [-0.15, -0.1) is 0 Å². The van der Waals surface area contributed by atoms with Gasteiger partial charge < -0.3 is 5.32 Å². The van der Waals surface area contributed by atoms with Crippen LogP contribution in [0, 0.1) is 6.92 Å². The first kappa shape index (κ1) is 12.3. The van der Waals surface area contributed by atoms with E-state index in [0.29, 0.717) is 6.54 Å². The van der Waals surface area contributed by atoms with Crippen LogP contribution in [-0.4, -0.2) is 0 Å². The highest BCUT2D eigenvalue weighted by molar-refractivity contribution is 6.31. The first-order chi connectivity index (χ1) is 8.16. The van der Waals surface area contributed by atoms with Crippen molar-refractivity contribution in [3.8, 4) is 0 Å². The number of anilines is 1. The Bertz CT molecular complexity index is 523. The number of nitrogens with one attached hydrogen (secondary N) is 1. The Kier molecular flexibility index (Phi) is 3.93. The predicted molar refractivity (Wildman–Crippen MR) is 75.0 cm³/mol. The zero-order valence-corrected chi connectivity index (χ0v) is 11.0. The molecule has 0 aliphatic heterocycles. The molecule has 0 heterocycles. The van der Waals surface area contributed by atoms with E-state index in [9.17, 15) is 0 Å². The molecule has 0 saturated carbocycles. The summed E-state index contributed by atoms with van der Waals surface area (Å²) in [5.74, 6) is 0. The largest absolute Gasteiger partial charge is 0.381 e. The van der Waals surface area contributed by atoms with Gasteiger partial charge in [-0.2, -0.15) is 0 Å². The Morgan fingerprint density at radius 3 is 2.59 bits per heavy atom. The molecule has 0 aliphatic rings. The Morgan fingerprint density at radius 2 is 1.82 bits per heavy atom. The van der Waals surface area contributed by atoms with Crippen LogP contribution in [0.15, 0.2) is 42.5 Å². The fourth-order valence-corrected chi connectivity index (χ4v) is 1.99. The molecule has 1 N–H and O–H groups in total. The van der Waals surface area contributed by atoms with E-state index in [-0.39, 0.29) is 0 Å². The van der Waals surface area contributed by atoms with E-state index >= 15 is 0 Å². The average molecular weight is 266 g/mol. The first-order valence-electron chi connectivity index (χ1n) is 5.40. The fourth-order valence-electron chi connectivity index (χ4n) is 1.62. The van der Waals surface area contributed by atoms with Crippen LogP contribution in [0.5, 0.6) is 0 Å². The van der Waals surface area contributed by atoms with Gasteiger partial charge >= 0.3 is 0 Å². The molecule has 3 heteroatoms. The quantitative estimate of drug-likeness (QED) is 0.831. The topological polar surface area (TPSA) is 12.0 Å². The van der Waals surface area contributed by atoms with E-state index in [1.807, 2.05) is 49.4 Å². The van der Waals surface area contributed by atoms with Gasteiger partial charge in [0.1, 0.15) is 0 Å². The summed E-state index contributed by atoms with van der Waals surface area (Å²) in [5.41, 5.74) is 3.28. The maximum absolute atomic E-state index is 6.10. The van der Waals surface area contributed by atoms with Crippen LogP contribution in [0.4, 0.5) is 5.69 Å². The highest BCUT2D eigenvalue weighted by Gasteiger charge is 2.01. The van der Waals surface area contributed by atoms with Crippen molar-refractivity contribution in [2.24, 2.45) is 0 Å². The van der Waals surface area contributed by atoms with Gasteiger partial charge in [0.25, 0.3) is 0 Å². The molecule has 0 aromatic heterocycles. The highest BCUT2D eigenvalue weighted by Crippen LogP contribution is 2.22. The Hall–Kier alpha value is -1.18. The lowest BCUT2D eigenvalue weighted by molar-refractivity contribution is 1.14. The summed E-state index contributed by atoms with van der Waals surface area (Å²) >= 11 is 12.1. The summed E-state index contributed by atoms with van der Waals surface area (Å²) in [5, 5.41) is 4.85. The summed E-state index contributed by atoms with van der Waals surface area (Å²) in [7, 11) is 0. The Balaban J connectivity index is 2.12. The molecule has 0 bridgehead atoms. The van der Waals surface area contributed by atoms with Gasteiger partial charge in [-0.3, -0.25) is 0 Å². The summed E-state index contributed by atoms with van der Waals surface area (Å²) in [6.07, 6.45) is 0. The number of benzene rings is 2. The normalized spacial score (nSPS) is 10.3. The molecule has 17 heavy (non-hydrogen) atoms. The van der Waals surface area contributed by atoms with Crippen LogP contribution >= 0.6 is 23.2 Å². The number of hydrogen-bond acceptors (Lipinski definition) is 1. The van der Waals surface area contributed by atoms with Crippen molar-refractivity contribution in [3.63, 3.8) is 0 Å². The van der Waals surface area contributed by atoms with Crippen LogP contribution in [0.2, 0.25) is 10.0 Å². The van der Waals surface area contributed by atoms with Crippen LogP contribution in [-0.2, 0) is 6.54 Å². The second-order valence-electron chi connectivity index (χ2n) is 3.90. The monoisotopic (exact) mass is 265 g/mol. The van der Waals surface area contributed by atoms with Crippen LogP contribution < -0.4 is 5.32 Å². The van der Waals surface area contributed by atoms with Crippen LogP contribution in [0.1, 0.15) is 11.1 Å². The minimum atomic E-state index is 0.695. The maximum atomic E-state index is 6.10. The minimum absolute atomic E-state index is 0.695. The van der Waals surface area contributed by atoms with E-state index in [1.165, 1.54) is 5.56 Å². The van der Waals surface area contributed by atoms with Crippen molar-refractivity contribution in [3.05, 3.63) is 63.6 Å². The molecule has 0 fully saturated rings.